The smallest absolute Gasteiger partial charge is 0.308 e. The Balaban J connectivity index is 2.26. The molecular formula is C11H18N2O2S. The van der Waals surface area contributed by atoms with Gasteiger partial charge in [-0.05, 0) is 26.2 Å². The van der Waals surface area contributed by atoms with Crippen LogP contribution in [-0.2, 0) is 17.8 Å². The number of carbonyl (C=O) groups is 1. The molecule has 2 N–H and O–H groups in total. The van der Waals surface area contributed by atoms with Crippen molar-refractivity contribution in [1.29, 1.82) is 0 Å². The fraction of sp³-hybridized carbons (Fsp3) is 0.545. The van der Waals surface area contributed by atoms with Crippen molar-refractivity contribution in [2.45, 2.75) is 13.0 Å². The maximum absolute atomic E-state index is 10.5. The van der Waals surface area contributed by atoms with Gasteiger partial charge in [-0.2, -0.15) is 0 Å². The predicted octanol–water partition coefficient (Wildman–Crippen LogP) is 1.03. The van der Waals surface area contributed by atoms with Gasteiger partial charge < -0.3 is 15.3 Å². The summed E-state index contributed by atoms with van der Waals surface area (Å²) in [5, 5.41) is 12.0. The molecule has 1 aromatic rings. The van der Waals surface area contributed by atoms with E-state index < -0.39 is 5.97 Å². The summed E-state index contributed by atoms with van der Waals surface area (Å²) in [6, 6.07) is 3.88. The van der Waals surface area contributed by atoms with E-state index in [4.69, 9.17) is 5.11 Å². The van der Waals surface area contributed by atoms with Crippen LogP contribution in [0.5, 0.6) is 0 Å². The van der Waals surface area contributed by atoms with Crippen molar-refractivity contribution in [3.05, 3.63) is 21.9 Å². The number of hydrogen-bond acceptors (Lipinski definition) is 4. The second kappa shape index (κ2) is 6.62. The fourth-order valence-electron chi connectivity index (χ4n) is 1.28. The lowest BCUT2D eigenvalue weighted by molar-refractivity contribution is -0.136. The molecule has 0 spiro atoms. The van der Waals surface area contributed by atoms with E-state index in [1.165, 1.54) is 4.88 Å². The normalized spacial score (nSPS) is 10.9. The van der Waals surface area contributed by atoms with Gasteiger partial charge in [0.2, 0.25) is 0 Å². The van der Waals surface area contributed by atoms with E-state index >= 15 is 0 Å². The van der Waals surface area contributed by atoms with Crippen LogP contribution < -0.4 is 5.32 Å². The summed E-state index contributed by atoms with van der Waals surface area (Å²) >= 11 is 1.56. The predicted molar refractivity (Wildman–Crippen MR) is 65.9 cm³/mol. The topological polar surface area (TPSA) is 52.6 Å². The summed E-state index contributed by atoms with van der Waals surface area (Å²) in [7, 11) is 4.08. The van der Waals surface area contributed by atoms with Crippen LogP contribution in [0.4, 0.5) is 0 Å². The second-order valence-electron chi connectivity index (χ2n) is 3.92. The van der Waals surface area contributed by atoms with Crippen LogP contribution in [0.2, 0.25) is 0 Å². The van der Waals surface area contributed by atoms with Gasteiger partial charge >= 0.3 is 5.97 Å². The highest BCUT2D eigenvalue weighted by Gasteiger charge is 2.04. The number of nitrogens with one attached hydrogen (secondary N) is 1. The molecule has 0 radical (unpaired) electrons. The molecule has 0 fully saturated rings. The van der Waals surface area contributed by atoms with Crippen molar-refractivity contribution in [2.75, 3.05) is 27.2 Å². The number of carboxylic acid groups (broad SMARTS) is 1. The molecule has 0 saturated heterocycles. The average molecular weight is 242 g/mol. The third kappa shape index (κ3) is 5.25. The van der Waals surface area contributed by atoms with Gasteiger partial charge in [-0.15, -0.1) is 11.3 Å². The molecule has 0 amide bonds. The van der Waals surface area contributed by atoms with Gasteiger partial charge in [0.25, 0.3) is 0 Å². The highest BCUT2D eigenvalue weighted by molar-refractivity contribution is 7.12. The highest BCUT2D eigenvalue weighted by Crippen LogP contribution is 2.16. The molecule has 0 aromatic carbocycles. The number of aliphatic carboxylic acids is 1. The first-order valence-electron chi connectivity index (χ1n) is 5.23. The average Bonchev–Trinajstić information content (AvgIpc) is 2.59. The van der Waals surface area contributed by atoms with E-state index in [0.29, 0.717) is 0 Å². The maximum atomic E-state index is 10.5. The Morgan fingerprint density at radius 3 is 2.75 bits per heavy atom. The second-order valence-corrected chi connectivity index (χ2v) is 5.17. The zero-order valence-corrected chi connectivity index (χ0v) is 10.5. The number of nitrogens with zero attached hydrogens (tertiary/aromatic N) is 1. The molecule has 5 heteroatoms. The summed E-state index contributed by atoms with van der Waals surface area (Å²) in [6.45, 7) is 2.77. The molecule has 0 saturated carbocycles. The van der Waals surface area contributed by atoms with Gasteiger partial charge in [-0.25, -0.2) is 0 Å². The Hall–Kier alpha value is -0.910. The molecule has 0 unspecified atom stereocenters. The minimum atomic E-state index is -0.769. The first-order valence-corrected chi connectivity index (χ1v) is 6.04. The maximum Gasteiger partial charge on any atom is 0.308 e. The monoisotopic (exact) mass is 242 g/mol. The van der Waals surface area contributed by atoms with Crippen LogP contribution in [0.3, 0.4) is 0 Å². The lowest BCUT2D eigenvalue weighted by Crippen LogP contribution is -2.25. The van der Waals surface area contributed by atoms with E-state index in [-0.39, 0.29) is 6.42 Å². The molecule has 1 heterocycles. The number of carboxylic acids is 1. The Labute approximate surface area is 99.9 Å². The van der Waals surface area contributed by atoms with Crippen molar-refractivity contribution < 1.29 is 9.90 Å². The first kappa shape index (κ1) is 13.2. The molecule has 4 nitrogen and oxygen atoms in total. The highest BCUT2D eigenvalue weighted by atomic mass is 32.1. The van der Waals surface area contributed by atoms with Crippen LogP contribution in [0.1, 0.15) is 9.75 Å². The lowest BCUT2D eigenvalue weighted by Gasteiger charge is -2.09. The minimum Gasteiger partial charge on any atom is -0.481 e. The summed E-state index contributed by atoms with van der Waals surface area (Å²) in [5.41, 5.74) is 0. The zero-order chi connectivity index (χ0) is 12.0. The Kier molecular flexibility index (Phi) is 5.45. The summed E-state index contributed by atoms with van der Waals surface area (Å²) in [4.78, 5) is 14.7. The summed E-state index contributed by atoms with van der Waals surface area (Å²) < 4.78 is 0. The van der Waals surface area contributed by atoms with E-state index in [1.54, 1.807) is 11.3 Å². The molecule has 1 rings (SSSR count). The molecule has 0 aliphatic carbocycles. The molecular weight excluding hydrogens is 224 g/mol. The van der Waals surface area contributed by atoms with Gasteiger partial charge in [-0.1, -0.05) is 0 Å². The fourth-order valence-corrected chi connectivity index (χ4v) is 2.25. The minimum absolute atomic E-state index is 0.127. The van der Waals surface area contributed by atoms with Crippen LogP contribution >= 0.6 is 11.3 Å². The SMILES string of the molecule is CN(C)CCNCc1ccc(CC(=O)O)s1. The van der Waals surface area contributed by atoms with Crippen LogP contribution in [-0.4, -0.2) is 43.2 Å². The standard InChI is InChI=1S/C11H18N2O2S/c1-13(2)6-5-12-8-10-4-3-9(16-10)7-11(14)15/h3-4,12H,5-8H2,1-2H3,(H,14,15). The number of rotatable bonds is 7. The first-order chi connectivity index (χ1) is 7.58. The van der Waals surface area contributed by atoms with Crippen molar-refractivity contribution in [3.63, 3.8) is 0 Å². The van der Waals surface area contributed by atoms with Gasteiger partial charge in [0, 0.05) is 29.4 Å². The van der Waals surface area contributed by atoms with Gasteiger partial charge in [0.05, 0.1) is 6.42 Å². The third-order valence-corrected chi connectivity index (χ3v) is 3.16. The van der Waals surface area contributed by atoms with Crippen molar-refractivity contribution in [2.24, 2.45) is 0 Å². The molecule has 16 heavy (non-hydrogen) atoms. The van der Waals surface area contributed by atoms with Crippen molar-refractivity contribution in [3.8, 4) is 0 Å². The van der Waals surface area contributed by atoms with E-state index in [1.807, 2.05) is 26.2 Å². The van der Waals surface area contributed by atoms with E-state index in [0.717, 1.165) is 24.5 Å². The van der Waals surface area contributed by atoms with Gasteiger partial charge in [0.1, 0.15) is 0 Å². The molecule has 0 aliphatic heterocycles. The molecule has 0 aliphatic rings. The molecule has 0 atom stereocenters. The van der Waals surface area contributed by atoms with Crippen LogP contribution in [0.15, 0.2) is 12.1 Å². The van der Waals surface area contributed by atoms with Gasteiger partial charge in [-0.3, -0.25) is 4.79 Å². The number of thiophene rings is 1. The van der Waals surface area contributed by atoms with Crippen LogP contribution in [0.25, 0.3) is 0 Å². The quantitative estimate of drug-likeness (QED) is 0.701. The lowest BCUT2D eigenvalue weighted by atomic mass is 10.3. The van der Waals surface area contributed by atoms with Crippen molar-refractivity contribution in [1.82, 2.24) is 10.2 Å². The zero-order valence-electron chi connectivity index (χ0n) is 9.69. The molecule has 0 bridgehead atoms. The van der Waals surface area contributed by atoms with Crippen LogP contribution in [0, 0.1) is 0 Å². The Morgan fingerprint density at radius 2 is 2.12 bits per heavy atom. The van der Waals surface area contributed by atoms with E-state index in [2.05, 4.69) is 10.2 Å². The van der Waals surface area contributed by atoms with Crippen molar-refractivity contribution >= 4 is 17.3 Å². The number of hydrogen-bond donors (Lipinski definition) is 2. The summed E-state index contributed by atoms with van der Waals surface area (Å²) in [6.07, 6.45) is 0.127. The molecule has 90 valence electrons. The summed E-state index contributed by atoms with van der Waals surface area (Å²) in [5.74, 6) is -0.769. The Bertz CT molecular complexity index is 336. The third-order valence-electron chi connectivity index (χ3n) is 2.08. The molecule has 1 aromatic heterocycles. The van der Waals surface area contributed by atoms with Gasteiger partial charge in [0.15, 0.2) is 0 Å². The number of likely N-dealkylation sites (N-methyl/N-ethyl adjacent to an activating group) is 1. The van der Waals surface area contributed by atoms with E-state index in [9.17, 15) is 4.79 Å². The Morgan fingerprint density at radius 1 is 1.44 bits per heavy atom. The largest absolute Gasteiger partial charge is 0.481 e.